The molecule has 0 fully saturated rings. The summed E-state index contributed by atoms with van der Waals surface area (Å²) in [7, 11) is 0. The van der Waals surface area contributed by atoms with Crippen LogP contribution >= 0.6 is 69.6 Å². The molecular formula is C36H28Cl6O8. The van der Waals surface area contributed by atoms with Gasteiger partial charge in [-0.2, -0.15) is 0 Å². The van der Waals surface area contributed by atoms with Crippen LogP contribution in [0, 0.1) is 0 Å². The molecule has 50 heavy (non-hydrogen) atoms. The van der Waals surface area contributed by atoms with E-state index in [-0.39, 0.29) is 55.2 Å². The van der Waals surface area contributed by atoms with Gasteiger partial charge in [0.05, 0.1) is 43.3 Å². The fourth-order valence-electron chi connectivity index (χ4n) is 4.84. The van der Waals surface area contributed by atoms with Crippen molar-refractivity contribution in [2.45, 2.75) is 38.5 Å². The number of ether oxygens (including phenoxy) is 4. The van der Waals surface area contributed by atoms with Crippen molar-refractivity contribution >= 4 is 93.5 Å². The van der Waals surface area contributed by atoms with Crippen LogP contribution in [0.5, 0.6) is 11.5 Å². The Bertz CT molecular complexity index is 1750. The van der Waals surface area contributed by atoms with E-state index < -0.39 is 46.5 Å². The first-order valence-electron chi connectivity index (χ1n) is 15.1. The Kier molecular flexibility index (Phi) is 14.2. The summed E-state index contributed by atoms with van der Waals surface area (Å²) in [6.07, 6.45) is 1.27. The molecule has 262 valence electrons. The monoisotopic (exact) mass is 798 g/mol. The zero-order chi connectivity index (χ0) is 36.5. The minimum atomic E-state index is -1.67. The van der Waals surface area contributed by atoms with Crippen LogP contribution in [0.4, 0.5) is 0 Å². The third kappa shape index (κ3) is 9.43. The van der Waals surface area contributed by atoms with Crippen LogP contribution in [0.15, 0.2) is 72.8 Å². The van der Waals surface area contributed by atoms with Crippen LogP contribution in [0.25, 0.3) is 0 Å². The van der Waals surface area contributed by atoms with E-state index in [1.165, 1.54) is 0 Å². The Balaban J connectivity index is 1.56. The van der Waals surface area contributed by atoms with Crippen LogP contribution < -0.4 is 9.47 Å². The number of esters is 4. The third-order valence-corrected chi connectivity index (χ3v) is 9.71. The standard InChI is InChI=1S/C36H28Cl6O8/c1-3-19(21-11-7-5-8-12-21)17-47-33(43)27-29(41)23(37)15-25(39)31(27)49-35(45)36(46)50-32-26(40)16-24(38)30(42)28(32)34(44)48-18-20(4-2)22-13-9-6-10-14-22/h5-16,19-20H,3-4,17-18H2,1-2H3. The zero-order valence-electron chi connectivity index (χ0n) is 26.4. The summed E-state index contributed by atoms with van der Waals surface area (Å²) in [5.74, 6) is -6.97. The van der Waals surface area contributed by atoms with Crippen molar-refractivity contribution in [2.75, 3.05) is 13.2 Å². The first-order valence-corrected chi connectivity index (χ1v) is 17.4. The van der Waals surface area contributed by atoms with Crippen LogP contribution in [0.2, 0.25) is 30.1 Å². The molecule has 0 aliphatic rings. The fraction of sp³-hybridized carbons (Fsp3) is 0.222. The highest BCUT2D eigenvalue weighted by Gasteiger charge is 2.32. The number of benzene rings is 4. The van der Waals surface area contributed by atoms with Crippen molar-refractivity contribution in [2.24, 2.45) is 0 Å². The Morgan fingerprint density at radius 2 is 0.880 bits per heavy atom. The van der Waals surface area contributed by atoms with E-state index in [4.69, 9.17) is 88.6 Å². The molecule has 4 aromatic carbocycles. The van der Waals surface area contributed by atoms with Crippen LogP contribution in [0.1, 0.15) is 70.4 Å². The molecule has 0 aromatic heterocycles. The first-order chi connectivity index (χ1) is 23.9. The van der Waals surface area contributed by atoms with Crippen molar-refractivity contribution in [3.8, 4) is 11.5 Å². The predicted molar refractivity (Wildman–Crippen MR) is 194 cm³/mol. The van der Waals surface area contributed by atoms with Gasteiger partial charge in [-0.25, -0.2) is 19.2 Å². The Hall–Kier alpha value is -3.50. The lowest BCUT2D eigenvalue weighted by molar-refractivity contribution is -0.156. The van der Waals surface area contributed by atoms with E-state index in [9.17, 15) is 19.2 Å². The number of hydrogen-bond donors (Lipinski definition) is 0. The van der Waals surface area contributed by atoms with E-state index in [1.807, 2.05) is 74.5 Å². The Morgan fingerprint density at radius 3 is 1.20 bits per heavy atom. The maximum absolute atomic E-state index is 13.3. The van der Waals surface area contributed by atoms with E-state index in [0.29, 0.717) is 12.8 Å². The van der Waals surface area contributed by atoms with Gasteiger partial charge in [-0.15, -0.1) is 0 Å². The smallest absolute Gasteiger partial charge is 0.423 e. The normalized spacial score (nSPS) is 12.1. The highest BCUT2D eigenvalue weighted by atomic mass is 35.5. The van der Waals surface area contributed by atoms with Gasteiger partial charge in [-0.1, -0.05) is 144 Å². The summed E-state index contributed by atoms with van der Waals surface area (Å²) < 4.78 is 21.5. The molecule has 0 amide bonds. The van der Waals surface area contributed by atoms with E-state index in [0.717, 1.165) is 23.3 Å². The van der Waals surface area contributed by atoms with Gasteiger partial charge in [0, 0.05) is 11.8 Å². The topological polar surface area (TPSA) is 105 Å². The van der Waals surface area contributed by atoms with E-state index >= 15 is 0 Å². The molecule has 0 saturated carbocycles. The summed E-state index contributed by atoms with van der Waals surface area (Å²) in [6.45, 7) is 3.72. The summed E-state index contributed by atoms with van der Waals surface area (Å²) >= 11 is 37.6. The molecule has 2 atom stereocenters. The molecule has 0 aliphatic carbocycles. The zero-order valence-corrected chi connectivity index (χ0v) is 31.0. The molecule has 4 aromatic rings. The van der Waals surface area contributed by atoms with Crippen LogP contribution in [0.3, 0.4) is 0 Å². The molecule has 0 spiro atoms. The fourth-order valence-corrected chi connectivity index (χ4v) is 6.28. The SMILES string of the molecule is CCC(COC(=O)c1c(Cl)c(Cl)cc(Cl)c1OC(=O)C(=O)Oc1c(Cl)cc(Cl)c(Cl)c1C(=O)OCC(CC)c1ccccc1)c1ccccc1. The van der Waals surface area contributed by atoms with Gasteiger partial charge in [0.15, 0.2) is 11.5 Å². The molecule has 0 aliphatic heterocycles. The quantitative estimate of drug-likeness (QED) is 0.0604. The number of carbonyl (C=O) groups excluding carboxylic acids is 4. The van der Waals surface area contributed by atoms with Gasteiger partial charge in [0.25, 0.3) is 0 Å². The second-order valence-electron chi connectivity index (χ2n) is 10.7. The summed E-state index contributed by atoms with van der Waals surface area (Å²) in [6, 6.07) is 20.9. The highest BCUT2D eigenvalue weighted by molar-refractivity contribution is 6.47. The second-order valence-corrected chi connectivity index (χ2v) is 13.1. The average Bonchev–Trinajstić information content (AvgIpc) is 3.10. The van der Waals surface area contributed by atoms with Gasteiger partial charge in [0.2, 0.25) is 0 Å². The molecule has 0 N–H and O–H groups in total. The second kappa shape index (κ2) is 18.1. The lowest BCUT2D eigenvalue weighted by Gasteiger charge is -2.18. The van der Waals surface area contributed by atoms with Crippen molar-refractivity contribution < 1.29 is 38.1 Å². The summed E-state index contributed by atoms with van der Waals surface area (Å²) in [5.41, 5.74) is 0.846. The maximum Gasteiger partial charge on any atom is 0.423 e. The van der Waals surface area contributed by atoms with Gasteiger partial charge >= 0.3 is 23.9 Å². The number of hydrogen-bond acceptors (Lipinski definition) is 8. The molecule has 0 radical (unpaired) electrons. The predicted octanol–water partition coefficient (Wildman–Crippen LogP) is 10.8. The largest absolute Gasteiger partial charge is 0.461 e. The Labute approximate surface area is 318 Å². The Morgan fingerprint density at radius 1 is 0.540 bits per heavy atom. The van der Waals surface area contributed by atoms with Gasteiger partial charge in [-0.05, 0) is 36.1 Å². The number of rotatable bonds is 12. The van der Waals surface area contributed by atoms with Crippen molar-refractivity contribution in [1.29, 1.82) is 0 Å². The maximum atomic E-state index is 13.3. The van der Waals surface area contributed by atoms with Crippen LogP contribution in [-0.4, -0.2) is 37.1 Å². The van der Waals surface area contributed by atoms with E-state index in [1.54, 1.807) is 0 Å². The minimum absolute atomic E-state index is 0.0612. The third-order valence-electron chi connectivity index (χ3n) is 7.58. The molecule has 8 nitrogen and oxygen atoms in total. The minimum Gasteiger partial charge on any atom is -0.461 e. The molecule has 0 heterocycles. The van der Waals surface area contributed by atoms with Gasteiger partial charge in [0.1, 0.15) is 11.1 Å². The molecule has 4 rings (SSSR count). The first kappa shape index (κ1) is 39.3. The molecule has 0 saturated heterocycles. The number of halogens is 6. The summed E-state index contributed by atoms with van der Waals surface area (Å²) in [5, 5.41) is -1.67. The lowest BCUT2D eigenvalue weighted by atomic mass is 9.97. The molecule has 14 heteroatoms. The van der Waals surface area contributed by atoms with Gasteiger partial charge in [-0.3, -0.25) is 0 Å². The molecule has 0 bridgehead atoms. The van der Waals surface area contributed by atoms with Crippen molar-refractivity contribution in [3.05, 3.63) is 125 Å². The van der Waals surface area contributed by atoms with Crippen molar-refractivity contribution in [3.63, 3.8) is 0 Å². The highest BCUT2D eigenvalue weighted by Crippen LogP contribution is 2.42. The molecule has 2 unspecified atom stereocenters. The van der Waals surface area contributed by atoms with E-state index in [2.05, 4.69) is 0 Å². The number of carbonyl (C=O) groups is 4. The van der Waals surface area contributed by atoms with Crippen molar-refractivity contribution in [1.82, 2.24) is 0 Å². The van der Waals surface area contributed by atoms with Gasteiger partial charge < -0.3 is 18.9 Å². The van der Waals surface area contributed by atoms with Crippen LogP contribution in [-0.2, 0) is 19.1 Å². The lowest BCUT2D eigenvalue weighted by Crippen LogP contribution is -2.27. The average molecular weight is 801 g/mol. The molecular weight excluding hydrogens is 773 g/mol. The summed E-state index contributed by atoms with van der Waals surface area (Å²) in [4.78, 5) is 52.8.